The van der Waals surface area contributed by atoms with E-state index in [9.17, 15) is 0 Å². The van der Waals surface area contributed by atoms with Gasteiger partial charge in [-0.3, -0.25) is 0 Å². The first-order valence-electron chi connectivity index (χ1n) is 6.47. The van der Waals surface area contributed by atoms with Gasteiger partial charge in [-0.05, 0) is 44.6 Å². The Morgan fingerprint density at radius 1 is 1.21 bits per heavy atom. The van der Waals surface area contributed by atoms with Crippen molar-refractivity contribution < 1.29 is 0 Å². The van der Waals surface area contributed by atoms with Crippen LogP contribution in [0.5, 0.6) is 0 Å². The van der Waals surface area contributed by atoms with Crippen LogP contribution in [-0.2, 0) is 0 Å². The first kappa shape index (κ1) is 12.0. The van der Waals surface area contributed by atoms with E-state index in [0.29, 0.717) is 0 Å². The summed E-state index contributed by atoms with van der Waals surface area (Å²) in [7, 11) is 0. The lowest BCUT2D eigenvalue weighted by Crippen LogP contribution is -2.35. The number of rotatable bonds is 6. The van der Waals surface area contributed by atoms with Crippen LogP contribution in [-0.4, -0.2) is 12.6 Å². The molecule has 0 aromatic heterocycles. The summed E-state index contributed by atoms with van der Waals surface area (Å²) >= 11 is 0. The second kappa shape index (κ2) is 6.44. The van der Waals surface area contributed by atoms with Crippen LogP contribution in [0.3, 0.4) is 0 Å². The summed E-state index contributed by atoms with van der Waals surface area (Å²) in [5, 5.41) is 3.71. The van der Waals surface area contributed by atoms with Crippen LogP contribution in [0.25, 0.3) is 0 Å². The van der Waals surface area contributed by atoms with Gasteiger partial charge in [0.15, 0.2) is 0 Å². The Hall–Kier alpha value is -0.0400. The molecule has 14 heavy (non-hydrogen) atoms. The highest BCUT2D eigenvalue weighted by molar-refractivity contribution is 4.77. The molecule has 0 radical (unpaired) electrons. The Morgan fingerprint density at radius 3 is 2.43 bits per heavy atom. The van der Waals surface area contributed by atoms with Gasteiger partial charge >= 0.3 is 0 Å². The zero-order valence-electron chi connectivity index (χ0n) is 10.2. The van der Waals surface area contributed by atoms with Crippen LogP contribution >= 0.6 is 0 Å². The SMILES string of the molecule is CCCC(C)CNC(C)C1CCCC1. The monoisotopic (exact) mass is 197 g/mol. The molecule has 1 aliphatic carbocycles. The number of nitrogens with one attached hydrogen (secondary N) is 1. The van der Waals surface area contributed by atoms with Crippen LogP contribution in [0.15, 0.2) is 0 Å². The smallest absolute Gasteiger partial charge is 0.00671 e. The van der Waals surface area contributed by atoms with Gasteiger partial charge in [0.1, 0.15) is 0 Å². The predicted molar refractivity (Wildman–Crippen MR) is 63.5 cm³/mol. The lowest BCUT2D eigenvalue weighted by atomic mass is 9.98. The molecule has 1 rings (SSSR count). The van der Waals surface area contributed by atoms with Crippen molar-refractivity contribution in [1.29, 1.82) is 0 Å². The van der Waals surface area contributed by atoms with Crippen molar-refractivity contribution in [3.63, 3.8) is 0 Å². The van der Waals surface area contributed by atoms with Gasteiger partial charge in [0, 0.05) is 6.04 Å². The summed E-state index contributed by atoms with van der Waals surface area (Å²) in [5.74, 6) is 1.81. The molecule has 1 N–H and O–H groups in total. The molecule has 0 aliphatic heterocycles. The molecule has 2 atom stereocenters. The van der Waals surface area contributed by atoms with Crippen LogP contribution < -0.4 is 5.32 Å². The van der Waals surface area contributed by atoms with Crippen LogP contribution in [0.4, 0.5) is 0 Å². The molecule has 0 saturated heterocycles. The molecule has 1 heteroatoms. The van der Waals surface area contributed by atoms with Crippen molar-refractivity contribution in [2.45, 2.75) is 65.3 Å². The summed E-state index contributed by atoms with van der Waals surface area (Å²) in [6.07, 6.45) is 8.51. The molecule has 1 saturated carbocycles. The highest BCUT2D eigenvalue weighted by Gasteiger charge is 2.21. The first-order valence-corrected chi connectivity index (χ1v) is 6.47. The van der Waals surface area contributed by atoms with E-state index in [4.69, 9.17) is 0 Å². The molecular formula is C13H27N. The Bertz CT molecular complexity index is 138. The molecular weight excluding hydrogens is 170 g/mol. The number of hydrogen-bond donors (Lipinski definition) is 1. The van der Waals surface area contributed by atoms with Gasteiger partial charge < -0.3 is 5.32 Å². The normalized spacial score (nSPS) is 22.5. The van der Waals surface area contributed by atoms with Gasteiger partial charge in [0.2, 0.25) is 0 Å². The lowest BCUT2D eigenvalue weighted by molar-refractivity contribution is 0.351. The molecule has 1 aliphatic rings. The van der Waals surface area contributed by atoms with E-state index in [1.54, 1.807) is 0 Å². The average molecular weight is 197 g/mol. The minimum Gasteiger partial charge on any atom is -0.314 e. The van der Waals surface area contributed by atoms with Crippen molar-refractivity contribution in [2.75, 3.05) is 6.54 Å². The molecule has 2 unspecified atom stereocenters. The predicted octanol–water partition coefficient (Wildman–Crippen LogP) is 3.59. The second-order valence-corrected chi connectivity index (χ2v) is 5.14. The molecule has 0 amide bonds. The molecule has 0 aromatic rings. The van der Waals surface area contributed by atoms with E-state index >= 15 is 0 Å². The van der Waals surface area contributed by atoms with Gasteiger partial charge in [-0.25, -0.2) is 0 Å². The maximum atomic E-state index is 3.71. The first-order chi connectivity index (χ1) is 6.74. The van der Waals surface area contributed by atoms with Crippen molar-refractivity contribution >= 4 is 0 Å². The van der Waals surface area contributed by atoms with E-state index in [2.05, 4.69) is 26.1 Å². The van der Waals surface area contributed by atoms with E-state index in [0.717, 1.165) is 17.9 Å². The van der Waals surface area contributed by atoms with E-state index in [1.807, 2.05) is 0 Å². The van der Waals surface area contributed by atoms with Crippen LogP contribution in [0, 0.1) is 11.8 Å². The van der Waals surface area contributed by atoms with Crippen molar-refractivity contribution in [1.82, 2.24) is 5.32 Å². The van der Waals surface area contributed by atoms with Gasteiger partial charge in [-0.1, -0.05) is 33.1 Å². The fraction of sp³-hybridized carbons (Fsp3) is 1.00. The van der Waals surface area contributed by atoms with Gasteiger partial charge in [-0.2, -0.15) is 0 Å². The zero-order valence-corrected chi connectivity index (χ0v) is 10.2. The molecule has 1 nitrogen and oxygen atoms in total. The maximum Gasteiger partial charge on any atom is 0.00671 e. The van der Waals surface area contributed by atoms with E-state index in [-0.39, 0.29) is 0 Å². The largest absolute Gasteiger partial charge is 0.314 e. The van der Waals surface area contributed by atoms with Crippen LogP contribution in [0.2, 0.25) is 0 Å². The number of hydrogen-bond acceptors (Lipinski definition) is 1. The van der Waals surface area contributed by atoms with Crippen molar-refractivity contribution in [3.05, 3.63) is 0 Å². The Labute approximate surface area is 89.7 Å². The van der Waals surface area contributed by atoms with E-state index in [1.165, 1.54) is 45.1 Å². The Balaban J connectivity index is 2.10. The Morgan fingerprint density at radius 2 is 1.86 bits per heavy atom. The molecule has 1 fully saturated rings. The van der Waals surface area contributed by atoms with Gasteiger partial charge in [0.05, 0.1) is 0 Å². The highest BCUT2D eigenvalue weighted by atomic mass is 14.9. The summed E-state index contributed by atoms with van der Waals surface area (Å²) in [6.45, 7) is 8.22. The summed E-state index contributed by atoms with van der Waals surface area (Å²) in [6, 6.07) is 0.747. The third-order valence-electron chi connectivity index (χ3n) is 3.68. The van der Waals surface area contributed by atoms with Crippen LogP contribution in [0.1, 0.15) is 59.3 Å². The van der Waals surface area contributed by atoms with Gasteiger partial charge in [-0.15, -0.1) is 0 Å². The molecule has 84 valence electrons. The fourth-order valence-electron chi connectivity index (χ4n) is 2.61. The lowest BCUT2D eigenvalue weighted by Gasteiger charge is -2.22. The molecule has 0 spiro atoms. The third-order valence-corrected chi connectivity index (χ3v) is 3.68. The molecule has 0 bridgehead atoms. The quantitative estimate of drug-likeness (QED) is 0.686. The summed E-state index contributed by atoms with van der Waals surface area (Å²) in [4.78, 5) is 0. The standard InChI is InChI=1S/C13H27N/c1-4-7-11(2)10-14-12(3)13-8-5-6-9-13/h11-14H,4-10H2,1-3H3. The second-order valence-electron chi connectivity index (χ2n) is 5.14. The Kier molecular flexibility index (Phi) is 5.54. The third kappa shape index (κ3) is 4.00. The maximum absolute atomic E-state index is 3.71. The van der Waals surface area contributed by atoms with E-state index < -0.39 is 0 Å². The summed E-state index contributed by atoms with van der Waals surface area (Å²) in [5.41, 5.74) is 0. The summed E-state index contributed by atoms with van der Waals surface area (Å²) < 4.78 is 0. The zero-order chi connectivity index (χ0) is 10.4. The minimum atomic E-state index is 0.747. The van der Waals surface area contributed by atoms with Gasteiger partial charge in [0.25, 0.3) is 0 Å². The average Bonchev–Trinajstić information content (AvgIpc) is 2.67. The fourth-order valence-corrected chi connectivity index (χ4v) is 2.61. The molecule has 0 heterocycles. The van der Waals surface area contributed by atoms with Crippen molar-refractivity contribution in [3.8, 4) is 0 Å². The van der Waals surface area contributed by atoms with Crippen molar-refractivity contribution in [2.24, 2.45) is 11.8 Å². The topological polar surface area (TPSA) is 12.0 Å². The highest BCUT2D eigenvalue weighted by Crippen LogP contribution is 2.27. The molecule has 0 aromatic carbocycles. The minimum absolute atomic E-state index is 0.747.